The van der Waals surface area contributed by atoms with Crippen molar-refractivity contribution in [1.29, 1.82) is 0 Å². The number of aromatic hydroxyl groups is 1. The van der Waals surface area contributed by atoms with Gasteiger partial charge in [-0.25, -0.2) is 0 Å². The van der Waals surface area contributed by atoms with Crippen molar-refractivity contribution in [1.82, 2.24) is 0 Å². The highest BCUT2D eigenvalue weighted by atomic mass is 16.5. The summed E-state index contributed by atoms with van der Waals surface area (Å²) in [5.74, 6) is -0.132. The van der Waals surface area contributed by atoms with Gasteiger partial charge in [-0.3, -0.25) is 4.79 Å². The number of anilines is 1. The Bertz CT molecular complexity index is 659. The summed E-state index contributed by atoms with van der Waals surface area (Å²) in [5.41, 5.74) is 3.18. The number of hydrogen-bond donors (Lipinski definition) is 1. The number of amides is 1. The number of aryl methyl sites for hydroxylation is 2. The molecule has 21 heavy (non-hydrogen) atoms. The van der Waals surface area contributed by atoms with E-state index in [0.29, 0.717) is 0 Å². The lowest BCUT2D eigenvalue weighted by atomic mass is 10.1. The maximum Gasteiger partial charge on any atom is 0.261 e. The molecule has 4 heteroatoms. The van der Waals surface area contributed by atoms with Crippen molar-refractivity contribution in [3.8, 4) is 11.5 Å². The molecule has 0 radical (unpaired) electrons. The van der Waals surface area contributed by atoms with E-state index in [1.165, 1.54) is 12.0 Å². The standard InChI is InChI=1S/C17H19NO3/c1-11-8-12(2)10-13(9-11)18(3)17(20)14-6-5-7-15(21-4)16(14)19/h5-10,19H,1-4H3. The summed E-state index contributed by atoms with van der Waals surface area (Å²) in [6, 6.07) is 10.8. The predicted octanol–water partition coefficient (Wildman–Crippen LogP) is 3.29. The van der Waals surface area contributed by atoms with Crippen LogP contribution in [0.1, 0.15) is 21.5 Å². The van der Waals surface area contributed by atoms with Crippen LogP contribution in [-0.4, -0.2) is 25.2 Å². The molecule has 1 N–H and O–H groups in total. The van der Waals surface area contributed by atoms with Gasteiger partial charge in [0, 0.05) is 12.7 Å². The van der Waals surface area contributed by atoms with Gasteiger partial charge in [0.2, 0.25) is 0 Å². The number of hydrogen-bond acceptors (Lipinski definition) is 3. The maximum atomic E-state index is 12.6. The maximum absolute atomic E-state index is 12.6. The number of rotatable bonds is 3. The number of ether oxygens (including phenoxy) is 1. The Balaban J connectivity index is 2.39. The van der Waals surface area contributed by atoms with Crippen molar-refractivity contribution in [3.05, 3.63) is 53.1 Å². The Hall–Kier alpha value is -2.49. The van der Waals surface area contributed by atoms with Gasteiger partial charge in [0.1, 0.15) is 0 Å². The third-order valence-corrected chi connectivity index (χ3v) is 3.35. The second kappa shape index (κ2) is 5.87. The molecule has 0 fully saturated rings. The van der Waals surface area contributed by atoms with E-state index in [-0.39, 0.29) is 23.0 Å². The third-order valence-electron chi connectivity index (χ3n) is 3.35. The van der Waals surface area contributed by atoms with Gasteiger partial charge in [-0.05, 0) is 49.2 Å². The molecule has 0 aliphatic carbocycles. The lowest BCUT2D eigenvalue weighted by molar-refractivity contribution is 0.0990. The molecule has 2 aromatic rings. The van der Waals surface area contributed by atoms with Crippen molar-refractivity contribution in [3.63, 3.8) is 0 Å². The van der Waals surface area contributed by atoms with Crippen LogP contribution in [0.4, 0.5) is 5.69 Å². The third kappa shape index (κ3) is 2.99. The normalized spacial score (nSPS) is 10.3. The molecular formula is C17H19NO3. The van der Waals surface area contributed by atoms with E-state index in [0.717, 1.165) is 16.8 Å². The second-order valence-electron chi connectivity index (χ2n) is 5.07. The van der Waals surface area contributed by atoms with Gasteiger partial charge >= 0.3 is 0 Å². The second-order valence-corrected chi connectivity index (χ2v) is 5.07. The largest absolute Gasteiger partial charge is 0.504 e. The van der Waals surface area contributed by atoms with E-state index in [4.69, 9.17) is 4.74 Å². The molecule has 0 unspecified atom stereocenters. The average molecular weight is 285 g/mol. The van der Waals surface area contributed by atoms with E-state index in [1.807, 2.05) is 32.0 Å². The minimum atomic E-state index is -0.281. The minimum absolute atomic E-state index is 0.138. The molecule has 110 valence electrons. The van der Waals surface area contributed by atoms with Crippen molar-refractivity contribution >= 4 is 11.6 Å². The van der Waals surface area contributed by atoms with Crippen molar-refractivity contribution < 1.29 is 14.6 Å². The van der Waals surface area contributed by atoms with Gasteiger partial charge in [-0.15, -0.1) is 0 Å². The molecule has 2 rings (SSSR count). The van der Waals surface area contributed by atoms with Crippen LogP contribution in [0.15, 0.2) is 36.4 Å². The van der Waals surface area contributed by atoms with Crippen LogP contribution in [0.2, 0.25) is 0 Å². The Morgan fingerprint density at radius 3 is 2.33 bits per heavy atom. The van der Waals surface area contributed by atoms with E-state index < -0.39 is 0 Å². The molecule has 0 saturated heterocycles. The Morgan fingerprint density at radius 1 is 1.14 bits per heavy atom. The number of phenols is 1. The number of methoxy groups -OCH3 is 1. The first-order valence-electron chi connectivity index (χ1n) is 6.66. The highest BCUT2D eigenvalue weighted by molar-refractivity contribution is 6.08. The van der Waals surface area contributed by atoms with Gasteiger partial charge in [0.15, 0.2) is 11.5 Å². The average Bonchev–Trinajstić information content (AvgIpc) is 2.45. The molecule has 0 aliphatic rings. The lowest BCUT2D eigenvalue weighted by Gasteiger charge is -2.19. The molecule has 0 spiro atoms. The first-order valence-corrected chi connectivity index (χ1v) is 6.66. The summed E-state index contributed by atoms with van der Waals surface area (Å²) in [5, 5.41) is 10.1. The lowest BCUT2D eigenvalue weighted by Crippen LogP contribution is -2.26. The fourth-order valence-corrected chi connectivity index (χ4v) is 2.30. The van der Waals surface area contributed by atoms with Gasteiger partial charge in [0.25, 0.3) is 5.91 Å². The Morgan fingerprint density at radius 2 is 1.76 bits per heavy atom. The van der Waals surface area contributed by atoms with Crippen LogP contribution < -0.4 is 9.64 Å². The van der Waals surface area contributed by atoms with E-state index in [1.54, 1.807) is 25.2 Å². The topological polar surface area (TPSA) is 49.8 Å². The van der Waals surface area contributed by atoms with Crippen LogP contribution in [0, 0.1) is 13.8 Å². The summed E-state index contributed by atoms with van der Waals surface area (Å²) in [6.07, 6.45) is 0. The molecule has 0 aliphatic heterocycles. The molecule has 1 amide bonds. The minimum Gasteiger partial charge on any atom is -0.504 e. The van der Waals surface area contributed by atoms with Crippen molar-refractivity contribution in [2.45, 2.75) is 13.8 Å². The number of carbonyl (C=O) groups is 1. The van der Waals surface area contributed by atoms with Crippen LogP contribution in [0.3, 0.4) is 0 Å². The SMILES string of the molecule is COc1cccc(C(=O)N(C)c2cc(C)cc(C)c2)c1O. The smallest absolute Gasteiger partial charge is 0.261 e. The zero-order valence-electron chi connectivity index (χ0n) is 12.7. The highest BCUT2D eigenvalue weighted by Crippen LogP contribution is 2.31. The van der Waals surface area contributed by atoms with Crippen LogP contribution >= 0.6 is 0 Å². The fourth-order valence-electron chi connectivity index (χ4n) is 2.30. The molecular weight excluding hydrogens is 266 g/mol. The van der Waals surface area contributed by atoms with Crippen LogP contribution in [0.5, 0.6) is 11.5 Å². The summed E-state index contributed by atoms with van der Waals surface area (Å²) in [4.78, 5) is 14.1. The Labute approximate surface area is 124 Å². The summed E-state index contributed by atoms with van der Waals surface area (Å²) in [6.45, 7) is 3.97. The molecule has 0 atom stereocenters. The molecule has 4 nitrogen and oxygen atoms in total. The predicted molar refractivity (Wildman–Crippen MR) is 83.3 cm³/mol. The number of carbonyl (C=O) groups excluding carboxylic acids is 1. The Kier molecular flexibility index (Phi) is 4.17. The number of nitrogens with zero attached hydrogens (tertiary/aromatic N) is 1. The monoisotopic (exact) mass is 285 g/mol. The first-order chi connectivity index (χ1) is 9.93. The van der Waals surface area contributed by atoms with Gasteiger partial charge in [-0.2, -0.15) is 0 Å². The molecule has 0 saturated carbocycles. The van der Waals surface area contributed by atoms with Gasteiger partial charge in [0.05, 0.1) is 12.7 Å². The quantitative estimate of drug-likeness (QED) is 0.941. The van der Waals surface area contributed by atoms with E-state index >= 15 is 0 Å². The number of phenolic OH excluding ortho intramolecular Hbond substituents is 1. The van der Waals surface area contributed by atoms with Crippen LogP contribution in [0.25, 0.3) is 0 Å². The summed E-state index contributed by atoms with van der Waals surface area (Å²) < 4.78 is 5.04. The zero-order valence-corrected chi connectivity index (χ0v) is 12.7. The molecule has 0 aromatic heterocycles. The van der Waals surface area contributed by atoms with Crippen LogP contribution in [-0.2, 0) is 0 Å². The van der Waals surface area contributed by atoms with Crippen molar-refractivity contribution in [2.24, 2.45) is 0 Å². The molecule has 0 bridgehead atoms. The molecule has 2 aromatic carbocycles. The first kappa shape index (κ1) is 14.9. The highest BCUT2D eigenvalue weighted by Gasteiger charge is 2.19. The van der Waals surface area contributed by atoms with E-state index in [2.05, 4.69) is 0 Å². The van der Waals surface area contributed by atoms with Gasteiger partial charge in [-0.1, -0.05) is 12.1 Å². The fraction of sp³-hybridized carbons (Fsp3) is 0.235. The number of benzene rings is 2. The summed E-state index contributed by atoms with van der Waals surface area (Å²) in [7, 11) is 3.15. The van der Waals surface area contributed by atoms with E-state index in [9.17, 15) is 9.90 Å². The zero-order chi connectivity index (χ0) is 15.6. The van der Waals surface area contributed by atoms with Gasteiger partial charge < -0.3 is 14.7 Å². The van der Waals surface area contributed by atoms with Crippen molar-refractivity contribution in [2.75, 3.05) is 19.1 Å². The molecule has 0 heterocycles. The summed E-state index contributed by atoms with van der Waals surface area (Å²) >= 11 is 0. The number of para-hydroxylation sites is 1.